The van der Waals surface area contributed by atoms with Crippen LogP contribution >= 0.6 is 34.8 Å². The molecule has 0 saturated carbocycles. The van der Waals surface area contributed by atoms with Gasteiger partial charge in [-0.15, -0.1) is 0 Å². The van der Waals surface area contributed by atoms with Crippen molar-refractivity contribution in [3.63, 3.8) is 0 Å². The zero-order valence-electron chi connectivity index (χ0n) is 24.0. The zero-order chi connectivity index (χ0) is 32.8. The molecule has 0 aliphatic rings. The van der Waals surface area contributed by atoms with Crippen LogP contribution in [-0.2, 0) is 32.3 Å². The molecule has 7 nitrogen and oxygen atoms in total. The lowest BCUT2D eigenvalue weighted by atomic mass is 10.1. The lowest BCUT2D eigenvalue weighted by Crippen LogP contribution is -2.52. The molecule has 14 heteroatoms. The van der Waals surface area contributed by atoms with Gasteiger partial charge < -0.3 is 10.2 Å². The first-order valence-corrected chi connectivity index (χ1v) is 16.1. The molecule has 0 radical (unpaired) electrons. The standard InChI is InChI=1S/C30H31Cl3F3N3O4S/c1-4-27(29(41)37-16-19(2)3)38(17-22-24(31)11-8-12-25(22)32)28(40)18-39(44(42,43)21-9-6-5-7-10-21)20-13-14-26(33)23(15-20)30(34,35)36/h5-15,19,27H,4,16-18H2,1-3H3,(H,37,41)/t27-/m1/s1. The number of benzene rings is 3. The summed E-state index contributed by atoms with van der Waals surface area (Å²) in [6.45, 7) is 4.53. The Kier molecular flexibility index (Phi) is 12.0. The van der Waals surface area contributed by atoms with Crippen LogP contribution in [0, 0.1) is 5.92 Å². The molecule has 0 aliphatic heterocycles. The van der Waals surface area contributed by atoms with E-state index in [1.165, 1.54) is 24.3 Å². The molecule has 0 heterocycles. The van der Waals surface area contributed by atoms with Crippen molar-refractivity contribution >= 4 is 62.3 Å². The molecule has 3 aromatic rings. The molecule has 44 heavy (non-hydrogen) atoms. The lowest BCUT2D eigenvalue weighted by Gasteiger charge is -2.34. The number of alkyl halides is 3. The summed E-state index contributed by atoms with van der Waals surface area (Å²) in [5.41, 5.74) is -1.42. The van der Waals surface area contributed by atoms with E-state index < -0.39 is 56.9 Å². The van der Waals surface area contributed by atoms with Crippen molar-refractivity contribution in [2.75, 3.05) is 17.4 Å². The van der Waals surface area contributed by atoms with E-state index in [4.69, 9.17) is 34.8 Å². The number of carbonyl (C=O) groups is 2. The van der Waals surface area contributed by atoms with Crippen LogP contribution in [0.25, 0.3) is 0 Å². The third kappa shape index (κ3) is 8.59. The predicted molar refractivity (Wildman–Crippen MR) is 166 cm³/mol. The molecular weight excluding hydrogens is 662 g/mol. The molecule has 0 unspecified atom stereocenters. The van der Waals surface area contributed by atoms with E-state index in [2.05, 4.69) is 5.32 Å². The fraction of sp³-hybridized carbons (Fsp3) is 0.333. The molecule has 0 aliphatic carbocycles. The van der Waals surface area contributed by atoms with Gasteiger partial charge in [0.2, 0.25) is 11.8 Å². The average Bonchev–Trinajstić information content (AvgIpc) is 2.96. The average molecular weight is 693 g/mol. The van der Waals surface area contributed by atoms with Gasteiger partial charge in [0.15, 0.2) is 0 Å². The van der Waals surface area contributed by atoms with E-state index in [1.54, 1.807) is 31.2 Å². The van der Waals surface area contributed by atoms with Gasteiger partial charge in [-0.05, 0) is 54.8 Å². The Labute approximate surface area is 269 Å². The van der Waals surface area contributed by atoms with Crippen molar-refractivity contribution in [2.24, 2.45) is 5.92 Å². The maximum Gasteiger partial charge on any atom is 0.417 e. The molecule has 3 aromatic carbocycles. The summed E-state index contributed by atoms with van der Waals surface area (Å²) in [6.07, 6.45) is -4.78. The Bertz CT molecular complexity index is 1570. The molecule has 238 valence electrons. The third-order valence-corrected chi connectivity index (χ3v) is 9.44. The molecule has 1 atom stereocenters. The van der Waals surface area contributed by atoms with Gasteiger partial charge in [-0.3, -0.25) is 13.9 Å². The van der Waals surface area contributed by atoms with Crippen LogP contribution in [0.3, 0.4) is 0 Å². The van der Waals surface area contributed by atoms with Crippen LogP contribution in [0.2, 0.25) is 15.1 Å². The van der Waals surface area contributed by atoms with Crippen molar-refractivity contribution in [2.45, 2.75) is 50.9 Å². The first-order valence-electron chi connectivity index (χ1n) is 13.5. The summed E-state index contributed by atoms with van der Waals surface area (Å²) >= 11 is 18.6. The number of anilines is 1. The van der Waals surface area contributed by atoms with Crippen LogP contribution < -0.4 is 9.62 Å². The van der Waals surface area contributed by atoms with Crippen molar-refractivity contribution in [1.29, 1.82) is 0 Å². The summed E-state index contributed by atoms with van der Waals surface area (Å²) in [5, 5.41) is 2.54. The minimum Gasteiger partial charge on any atom is -0.354 e. The molecule has 0 spiro atoms. The highest BCUT2D eigenvalue weighted by molar-refractivity contribution is 7.92. The van der Waals surface area contributed by atoms with E-state index in [-0.39, 0.29) is 33.8 Å². The number of rotatable bonds is 12. The lowest BCUT2D eigenvalue weighted by molar-refractivity contribution is -0.140. The normalized spacial score (nSPS) is 12.6. The largest absolute Gasteiger partial charge is 0.417 e. The molecular formula is C30H31Cl3F3N3O4S. The Morgan fingerprint density at radius 2 is 1.52 bits per heavy atom. The van der Waals surface area contributed by atoms with Crippen molar-refractivity contribution in [3.8, 4) is 0 Å². The van der Waals surface area contributed by atoms with Gasteiger partial charge in [0, 0.05) is 28.7 Å². The van der Waals surface area contributed by atoms with E-state index in [9.17, 15) is 31.2 Å². The molecule has 3 rings (SSSR count). The number of hydrogen-bond donors (Lipinski definition) is 1. The van der Waals surface area contributed by atoms with Gasteiger partial charge in [0.25, 0.3) is 10.0 Å². The van der Waals surface area contributed by atoms with Gasteiger partial charge >= 0.3 is 6.18 Å². The topological polar surface area (TPSA) is 86.8 Å². The van der Waals surface area contributed by atoms with E-state index in [1.807, 2.05) is 13.8 Å². The van der Waals surface area contributed by atoms with Gasteiger partial charge in [-0.1, -0.05) is 79.8 Å². The van der Waals surface area contributed by atoms with Gasteiger partial charge in [0.05, 0.1) is 21.2 Å². The Hall–Kier alpha value is -2.99. The second-order valence-electron chi connectivity index (χ2n) is 10.3. The fourth-order valence-corrected chi connectivity index (χ4v) is 6.50. The van der Waals surface area contributed by atoms with Crippen molar-refractivity contribution in [3.05, 3.63) is 92.9 Å². The number of amides is 2. The highest BCUT2D eigenvalue weighted by Gasteiger charge is 2.37. The van der Waals surface area contributed by atoms with E-state index in [0.29, 0.717) is 22.5 Å². The van der Waals surface area contributed by atoms with Crippen LogP contribution in [0.5, 0.6) is 0 Å². The fourth-order valence-electron chi connectivity index (χ4n) is 4.33. The van der Waals surface area contributed by atoms with Crippen LogP contribution in [0.1, 0.15) is 38.3 Å². The minimum atomic E-state index is -4.91. The highest BCUT2D eigenvalue weighted by atomic mass is 35.5. The number of carbonyl (C=O) groups excluding carboxylic acids is 2. The first-order chi connectivity index (χ1) is 20.6. The van der Waals surface area contributed by atoms with Gasteiger partial charge in [0.1, 0.15) is 12.6 Å². The Balaban J connectivity index is 2.16. The predicted octanol–water partition coefficient (Wildman–Crippen LogP) is 7.44. The number of nitrogens with zero attached hydrogens (tertiary/aromatic N) is 2. The van der Waals surface area contributed by atoms with Gasteiger partial charge in [-0.25, -0.2) is 8.42 Å². The third-order valence-electron chi connectivity index (χ3n) is 6.61. The SMILES string of the molecule is CC[C@H](C(=O)NCC(C)C)N(Cc1c(Cl)cccc1Cl)C(=O)CN(c1ccc(Cl)c(C(F)(F)F)c1)S(=O)(=O)c1ccccc1. The number of hydrogen-bond acceptors (Lipinski definition) is 4. The number of nitrogens with one attached hydrogen (secondary N) is 1. The Morgan fingerprint density at radius 3 is 2.07 bits per heavy atom. The molecule has 0 saturated heterocycles. The van der Waals surface area contributed by atoms with E-state index >= 15 is 0 Å². The Morgan fingerprint density at radius 1 is 0.909 bits per heavy atom. The quantitative estimate of drug-likeness (QED) is 0.214. The summed E-state index contributed by atoms with van der Waals surface area (Å²) in [7, 11) is -4.60. The maximum absolute atomic E-state index is 14.1. The number of sulfonamides is 1. The summed E-state index contributed by atoms with van der Waals surface area (Å²) < 4.78 is 69.7. The molecule has 2 amide bonds. The molecule has 0 aromatic heterocycles. The van der Waals surface area contributed by atoms with Crippen LogP contribution in [0.15, 0.2) is 71.6 Å². The molecule has 1 N–H and O–H groups in total. The molecule has 0 fully saturated rings. The second-order valence-corrected chi connectivity index (χ2v) is 13.4. The summed E-state index contributed by atoms with van der Waals surface area (Å²) in [6, 6.07) is 13.1. The van der Waals surface area contributed by atoms with E-state index in [0.717, 1.165) is 17.0 Å². The highest BCUT2D eigenvalue weighted by Crippen LogP contribution is 2.38. The van der Waals surface area contributed by atoms with Crippen LogP contribution in [0.4, 0.5) is 18.9 Å². The maximum atomic E-state index is 14.1. The smallest absolute Gasteiger partial charge is 0.354 e. The second kappa shape index (κ2) is 14.9. The van der Waals surface area contributed by atoms with Crippen LogP contribution in [-0.4, -0.2) is 44.3 Å². The minimum absolute atomic E-state index is 0.0952. The summed E-state index contributed by atoms with van der Waals surface area (Å²) in [4.78, 5) is 28.3. The molecule has 0 bridgehead atoms. The zero-order valence-corrected chi connectivity index (χ0v) is 27.1. The van der Waals surface area contributed by atoms with Crippen molar-refractivity contribution in [1.82, 2.24) is 10.2 Å². The summed E-state index contributed by atoms with van der Waals surface area (Å²) in [5.74, 6) is -1.28. The van der Waals surface area contributed by atoms with Crippen molar-refractivity contribution < 1.29 is 31.2 Å². The van der Waals surface area contributed by atoms with Gasteiger partial charge in [-0.2, -0.15) is 13.2 Å². The first kappa shape index (κ1) is 35.5. The monoisotopic (exact) mass is 691 g/mol. The number of halogens is 6.